The lowest BCUT2D eigenvalue weighted by Gasteiger charge is -2.01. The van der Waals surface area contributed by atoms with Crippen LogP contribution in [-0.4, -0.2) is 13.2 Å². The zero-order chi connectivity index (χ0) is 9.83. The highest BCUT2D eigenvalue weighted by molar-refractivity contribution is 7.47. The molecule has 74 valence electrons. The highest BCUT2D eigenvalue weighted by atomic mass is 31.2. The third-order valence-corrected chi connectivity index (χ3v) is 1.53. The Balaban J connectivity index is 3.48. The summed E-state index contributed by atoms with van der Waals surface area (Å²) in [6.07, 6.45) is 0. The number of hydrogen-bond acceptors (Lipinski definition) is 4. The van der Waals surface area contributed by atoms with Crippen LogP contribution < -0.4 is 0 Å². The quantitative estimate of drug-likeness (QED) is 0.413. The molecule has 0 rings (SSSR count). The molecule has 0 N–H and O–H groups in total. The number of rotatable bonds is 5. The molecule has 10 heteroatoms. The molecule has 0 aromatic rings. The van der Waals surface area contributed by atoms with E-state index >= 15 is 0 Å². The average Bonchev–Trinajstić information content (AvgIpc) is 1.76. The zero-order valence-corrected chi connectivity index (χ0v) is 7.24. The molecule has 0 aromatic heterocycles. The van der Waals surface area contributed by atoms with Gasteiger partial charge in [0.05, 0.1) is 13.2 Å². The molecule has 12 heavy (non-hydrogen) atoms. The molecule has 0 bridgehead atoms. The Labute approximate surface area is 65.2 Å². The maximum absolute atomic E-state index is 11.4. The van der Waals surface area contributed by atoms with Crippen molar-refractivity contribution in [2.45, 2.75) is 0 Å². The van der Waals surface area contributed by atoms with Gasteiger partial charge in [0.15, 0.2) is 0 Å². The van der Waals surface area contributed by atoms with Gasteiger partial charge >= 0.3 is 16.0 Å². The van der Waals surface area contributed by atoms with Crippen LogP contribution in [0.4, 0.5) is 16.8 Å². The van der Waals surface area contributed by atoms with Crippen LogP contribution in [-0.2, 0) is 18.2 Å². The molecule has 0 aliphatic rings. The van der Waals surface area contributed by atoms with Gasteiger partial charge in [0.25, 0.3) is 0 Å². The average molecular weight is 230 g/mol. The Morgan fingerprint density at radius 3 is 1.25 bits per heavy atom. The Hall–Kier alpha value is 0.1000. The minimum atomic E-state index is -5.66. The standard InChI is InChI=1S/C2H4F4O4P2/c3-11(4,7)9-1-2-10-12(5,6)8/h1-2H2. The van der Waals surface area contributed by atoms with Gasteiger partial charge in [0.2, 0.25) is 0 Å². The zero-order valence-electron chi connectivity index (χ0n) is 5.45. The van der Waals surface area contributed by atoms with Crippen LogP contribution in [0.2, 0.25) is 0 Å². The van der Waals surface area contributed by atoms with E-state index in [0.717, 1.165) is 0 Å². The molecule has 0 heterocycles. The van der Waals surface area contributed by atoms with Gasteiger partial charge in [-0.1, -0.05) is 0 Å². The summed E-state index contributed by atoms with van der Waals surface area (Å²) in [4.78, 5) is 0. The van der Waals surface area contributed by atoms with Gasteiger partial charge in [0, 0.05) is 0 Å². The third-order valence-electron chi connectivity index (χ3n) is 0.566. The van der Waals surface area contributed by atoms with Crippen molar-refractivity contribution in [1.29, 1.82) is 0 Å². The molecule has 0 spiro atoms. The van der Waals surface area contributed by atoms with Crippen LogP contribution in [0.15, 0.2) is 0 Å². The molecule has 0 atom stereocenters. The molecule has 0 aromatic carbocycles. The lowest BCUT2D eigenvalue weighted by molar-refractivity contribution is 0.176. The van der Waals surface area contributed by atoms with Crippen LogP contribution in [0.5, 0.6) is 0 Å². The van der Waals surface area contributed by atoms with E-state index in [9.17, 15) is 25.9 Å². The van der Waals surface area contributed by atoms with Crippen LogP contribution >= 0.6 is 16.0 Å². The molecule has 4 nitrogen and oxygen atoms in total. The first-order valence-corrected chi connectivity index (χ1v) is 5.30. The second-order valence-electron chi connectivity index (χ2n) is 1.50. The first-order valence-electron chi connectivity index (χ1n) is 2.48. The van der Waals surface area contributed by atoms with Crippen molar-refractivity contribution < 1.29 is 35.0 Å². The van der Waals surface area contributed by atoms with Gasteiger partial charge in [-0.3, -0.25) is 9.05 Å². The van der Waals surface area contributed by atoms with Gasteiger partial charge in [-0.25, -0.2) is 9.13 Å². The van der Waals surface area contributed by atoms with E-state index in [-0.39, 0.29) is 0 Å². The van der Waals surface area contributed by atoms with E-state index < -0.39 is 29.2 Å². The first kappa shape index (κ1) is 12.1. The van der Waals surface area contributed by atoms with Crippen molar-refractivity contribution in [1.82, 2.24) is 0 Å². The summed E-state index contributed by atoms with van der Waals surface area (Å²) in [6.45, 7) is -2.00. The van der Waals surface area contributed by atoms with Crippen molar-refractivity contribution in [3.63, 3.8) is 0 Å². The lowest BCUT2D eigenvalue weighted by Crippen LogP contribution is -1.96. The number of halogens is 4. The summed E-state index contributed by atoms with van der Waals surface area (Å²) >= 11 is 0. The minimum absolute atomic E-state index is 0.998. The largest absolute Gasteiger partial charge is 0.552 e. The van der Waals surface area contributed by atoms with Crippen LogP contribution in [0.3, 0.4) is 0 Å². The van der Waals surface area contributed by atoms with Crippen molar-refractivity contribution in [2.24, 2.45) is 0 Å². The van der Waals surface area contributed by atoms with Gasteiger partial charge in [-0.2, -0.15) is 0 Å². The van der Waals surface area contributed by atoms with Crippen molar-refractivity contribution in [2.75, 3.05) is 13.2 Å². The first-order chi connectivity index (χ1) is 5.21. The SMILES string of the molecule is O=P(F)(F)OCCOP(=O)(F)F. The highest BCUT2D eigenvalue weighted by Crippen LogP contribution is 2.52. The second-order valence-corrected chi connectivity index (χ2v) is 3.67. The molecule has 0 radical (unpaired) electrons. The van der Waals surface area contributed by atoms with E-state index in [1.807, 2.05) is 0 Å². The Morgan fingerprint density at radius 2 is 1.08 bits per heavy atom. The summed E-state index contributed by atoms with van der Waals surface area (Å²) in [7, 11) is -11.3. The number of hydrogen-bond donors (Lipinski definition) is 0. The molecule has 0 aliphatic carbocycles. The van der Waals surface area contributed by atoms with Crippen LogP contribution in [0.1, 0.15) is 0 Å². The maximum atomic E-state index is 11.4. The Bertz CT molecular complexity index is 195. The summed E-state index contributed by atoms with van der Waals surface area (Å²) in [5.41, 5.74) is 0. The molecule has 0 saturated carbocycles. The van der Waals surface area contributed by atoms with Crippen LogP contribution in [0, 0.1) is 0 Å². The fourth-order valence-corrected chi connectivity index (χ4v) is 0.861. The molecular weight excluding hydrogens is 226 g/mol. The molecular formula is C2H4F4O4P2. The summed E-state index contributed by atoms with van der Waals surface area (Å²) < 4.78 is 70.9. The normalized spacial score (nSPS) is 13.3. The predicted octanol–water partition coefficient (Wildman–Crippen LogP) is 3.11. The molecule has 0 fully saturated rings. The van der Waals surface area contributed by atoms with Crippen molar-refractivity contribution in [3.05, 3.63) is 0 Å². The Morgan fingerprint density at radius 1 is 0.833 bits per heavy atom. The molecule has 0 aliphatic heterocycles. The molecule has 0 saturated heterocycles. The van der Waals surface area contributed by atoms with E-state index in [1.165, 1.54) is 0 Å². The Kier molecular flexibility index (Phi) is 4.40. The summed E-state index contributed by atoms with van der Waals surface area (Å²) in [6, 6.07) is 0. The predicted molar refractivity (Wildman–Crippen MR) is 31.5 cm³/mol. The van der Waals surface area contributed by atoms with Gasteiger partial charge in [0.1, 0.15) is 0 Å². The van der Waals surface area contributed by atoms with E-state index in [1.54, 1.807) is 0 Å². The van der Waals surface area contributed by atoms with E-state index in [4.69, 9.17) is 0 Å². The van der Waals surface area contributed by atoms with Gasteiger partial charge < -0.3 is 0 Å². The smallest absolute Gasteiger partial charge is 0.278 e. The summed E-state index contributed by atoms with van der Waals surface area (Å²) in [5, 5.41) is 0. The topological polar surface area (TPSA) is 52.6 Å². The summed E-state index contributed by atoms with van der Waals surface area (Å²) in [5.74, 6) is 0. The second kappa shape index (κ2) is 4.37. The fourth-order valence-electron chi connectivity index (χ4n) is 0.287. The fraction of sp³-hybridized carbons (Fsp3) is 1.00. The van der Waals surface area contributed by atoms with Gasteiger partial charge in [-0.05, 0) is 0 Å². The minimum Gasteiger partial charge on any atom is -0.278 e. The highest BCUT2D eigenvalue weighted by Gasteiger charge is 2.23. The van der Waals surface area contributed by atoms with Gasteiger partial charge in [-0.15, -0.1) is 16.8 Å². The third kappa shape index (κ3) is 10.1. The van der Waals surface area contributed by atoms with Crippen molar-refractivity contribution in [3.8, 4) is 0 Å². The van der Waals surface area contributed by atoms with E-state index in [0.29, 0.717) is 0 Å². The van der Waals surface area contributed by atoms with E-state index in [2.05, 4.69) is 9.05 Å². The van der Waals surface area contributed by atoms with Crippen molar-refractivity contribution >= 4 is 16.0 Å². The molecule has 0 unspecified atom stereocenters. The lowest BCUT2D eigenvalue weighted by atomic mass is 10.8. The monoisotopic (exact) mass is 230 g/mol. The maximum Gasteiger partial charge on any atom is 0.552 e. The van der Waals surface area contributed by atoms with Crippen LogP contribution in [0.25, 0.3) is 0 Å². The molecule has 0 amide bonds.